The molecule has 0 heterocycles. The minimum absolute atomic E-state index is 0.0902. The largest absolute Gasteiger partial charge is 0.352 e. The number of carbonyl (C=O) groups is 2. The molecule has 0 bridgehead atoms. The van der Waals surface area contributed by atoms with E-state index in [0.717, 1.165) is 47.9 Å². The molecule has 0 spiro atoms. The second kappa shape index (κ2) is 13.7. The van der Waals surface area contributed by atoms with Crippen molar-refractivity contribution in [1.82, 2.24) is 10.2 Å². The number of nitrogens with one attached hydrogen (secondary N) is 1. The molecule has 0 saturated heterocycles. The second-order valence-corrected chi connectivity index (χ2v) is 13.4. The molecular weight excluding hydrogens is 570 g/mol. The third-order valence-corrected chi connectivity index (χ3v) is 10.1. The zero-order chi connectivity index (χ0) is 30.4. The van der Waals surface area contributed by atoms with Gasteiger partial charge in [0.2, 0.25) is 11.8 Å². The van der Waals surface area contributed by atoms with Crippen molar-refractivity contribution in [2.24, 2.45) is 0 Å². The molecule has 1 atom stereocenters. The van der Waals surface area contributed by atoms with E-state index in [9.17, 15) is 18.0 Å². The Bertz CT molecular complexity index is 1500. The molecule has 3 aromatic rings. The molecule has 7 nitrogen and oxygen atoms in total. The normalized spacial score (nSPS) is 14.4. The number of rotatable bonds is 11. The molecular formula is C33H40ClN3O4S. The van der Waals surface area contributed by atoms with Gasteiger partial charge in [-0.15, -0.1) is 0 Å². The molecule has 1 saturated carbocycles. The highest BCUT2D eigenvalue weighted by Gasteiger charge is 2.35. The summed E-state index contributed by atoms with van der Waals surface area (Å²) in [4.78, 5) is 29.5. The van der Waals surface area contributed by atoms with Crippen LogP contribution in [-0.4, -0.2) is 43.8 Å². The van der Waals surface area contributed by atoms with E-state index in [2.05, 4.69) is 5.32 Å². The minimum atomic E-state index is -4.12. The number of sulfonamides is 1. The average Bonchev–Trinajstić information content (AvgIpc) is 3.47. The van der Waals surface area contributed by atoms with E-state index in [4.69, 9.17) is 11.6 Å². The van der Waals surface area contributed by atoms with Crippen molar-refractivity contribution in [3.63, 3.8) is 0 Å². The SMILES string of the molecule is CC[C@@H](C(=O)NC1CCCC1)N(Cc1ccc(Cl)cc1)C(=O)CN(c1cccc(C)c1C)S(=O)(=O)c1ccc(C)cc1. The van der Waals surface area contributed by atoms with Gasteiger partial charge in [0.15, 0.2) is 0 Å². The van der Waals surface area contributed by atoms with E-state index in [-0.39, 0.29) is 23.4 Å². The molecule has 3 aromatic carbocycles. The summed E-state index contributed by atoms with van der Waals surface area (Å²) in [6.07, 6.45) is 4.35. The molecule has 1 aliphatic rings. The van der Waals surface area contributed by atoms with E-state index in [1.54, 1.807) is 48.5 Å². The lowest BCUT2D eigenvalue weighted by molar-refractivity contribution is -0.140. The molecule has 224 valence electrons. The summed E-state index contributed by atoms with van der Waals surface area (Å²) in [5, 5.41) is 3.70. The number of halogens is 1. The van der Waals surface area contributed by atoms with Gasteiger partial charge in [0.25, 0.3) is 10.0 Å². The molecule has 0 radical (unpaired) electrons. The van der Waals surface area contributed by atoms with Crippen LogP contribution in [0.5, 0.6) is 0 Å². The molecule has 1 fully saturated rings. The zero-order valence-corrected chi connectivity index (χ0v) is 26.3. The summed E-state index contributed by atoms with van der Waals surface area (Å²) in [7, 11) is -4.12. The summed E-state index contributed by atoms with van der Waals surface area (Å²) in [5.41, 5.74) is 3.82. The van der Waals surface area contributed by atoms with Crippen molar-refractivity contribution in [3.8, 4) is 0 Å². The molecule has 2 amide bonds. The maximum atomic E-state index is 14.3. The molecule has 0 aromatic heterocycles. The average molecular weight is 610 g/mol. The van der Waals surface area contributed by atoms with Crippen LogP contribution in [0.25, 0.3) is 0 Å². The van der Waals surface area contributed by atoms with Crippen molar-refractivity contribution < 1.29 is 18.0 Å². The highest BCUT2D eigenvalue weighted by atomic mass is 35.5. The van der Waals surface area contributed by atoms with Crippen LogP contribution < -0.4 is 9.62 Å². The maximum Gasteiger partial charge on any atom is 0.264 e. The van der Waals surface area contributed by atoms with E-state index in [1.165, 1.54) is 9.21 Å². The number of benzene rings is 3. The smallest absolute Gasteiger partial charge is 0.264 e. The van der Waals surface area contributed by atoms with Gasteiger partial charge in [-0.3, -0.25) is 13.9 Å². The molecule has 9 heteroatoms. The first-order chi connectivity index (χ1) is 20.0. The Hall–Kier alpha value is -3.36. The fourth-order valence-electron chi connectivity index (χ4n) is 5.43. The lowest BCUT2D eigenvalue weighted by Crippen LogP contribution is -2.53. The fourth-order valence-corrected chi connectivity index (χ4v) is 7.03. The summed E-state index contributed by atoms with van der Waals surface area (Å²) in [5.74, 6) is -0.679. The first kappa shape index (κ1) is 31.6. The third-order valence-electron chi connectivity index (χ3n) is 8.09. The van der Waals surface area contributed by atoms with E-state index >= 15 is 0 Å². The Morgan fingerprint density at radius 3 is 2.21 bits per heavy atom. The van der Waals surface area contributed by atoms with Crippen molar-refractivity contribution >= 4 is 39.1 Å². The van der Waals surface area contributed by atoms with Crippen LogP contribution in [0.15, 0.2) is 71.6 Å². The van der Waals surface area contributed by atoms with Crippen molar-refractivity contribution in [3.05, 3.63) is 94.0 Å². The summed E-state index contributed by atoms with van der Waals surface area (Å²) < 4.78 is 29.4. The predicted molar refractivity (Wildman–Crippen MR) is 168 cm³/mol. The van der Waals surface area contributed by atoms with E-state index in [1.807, 2.05) is 45.9 Å². The van der Waals surface area contributed by atoms with Gasteiger partial charge < -0.3 is 10.2 Å². The standard InChI is InChI=1S/C33H40ClN3O4S/c1-5-30(33(39)35-28-10-6-7-11-28)36(21-26-15-17-27(34)18-16-26)32(38)22-37(31-12-8-9-24(3)25(31)4)42(40,41)29-19-13-23(2)14-20-29/h8-9,12-20,28,30H,5-7,10-11,21-22H2,1-4H3,(H,35,39)/t30-/m0/s1. The highest BCUT2D eigenvalue weighted by molar-refractivity contribution is 7.92. The van der Waals surface area contributed by atoms with Gasteiger partial charge in [-0.1, -0.05) is 73.3 Å². The summed E-state index contributed by atoms with van der Waals surface area (Å²) >= 11 is 6.11. The van der Waals surface area contributed by atoms with Gasteiger partial charge in [0.1, 0.15) is 12.6 Å². The Morgan fingerprint density at radius 2 is 1.60 bits per heavy atom. The highest BCUT2D eigenvalue weighted by Crippen LogP contribution is 2.29. The maximum absolute atomic E-state index is 14.3. The topological polar surface area (TPSA) is 86.8 Å². The second-order valence-electron chi connectivity index (χ2n) is 11.1. The van der Waals surface area contributed by atoms with Crippen LogP contribution in [0, 0.1) is 20.8 Å². The zero-order valence-electron chi connectivity index (χ0n) is 24.8. The van der Waals surface area contributed by atoms with Crippen LogP contribution in [0.1, 0.15) is 61.3 Å². The van der Waals surface area contributed by atoms with E-state index < -0.39 is 28.5 Å². The van der Waals surface area contributed by atoms with E-state index in [0.29, 0.717) is 17.1 Å². The number of nitrogens with zero attached hydrogens (tertiary/aromatic N) is 2. The molecule has 42 heavy (non-hydrogen) atoms. The molecule has 0 aliphatic heterocycles. The third kappa shape index (κ3) is 7.34. The number of anilines is 1. The number of carbonyl (C=O) groups excluding carboxylic acids is 2. The molecule has 1 N–H and O–H groups in total. The van der Waals surface area contributed by atoms with Crippen molar-refractivity contribution in [1.29, 1.82) is 0 Å². The van der Waals surface area contributed by atoms with Gasteiger partial charge in [0.05, 0.1) is 10.6 Å². The Labute approximate surface area is 254 Å². The van der Waals surface area contributed by atoms with Crippen LogP contribution >= 0.6 is 11.6 Å². The predicted octanol–water partition coefficient (Wildman–Crippen LogP) is 6.33. The lowest BCUT2D eigenvalue weighted by Gasteiger charge is -2.34. The summed E-state index contributed by atoms with van der Waals surface area (Å²) in [6.45, 7) is 7.19. The number of amides is 2. The van der Waals surface area contributed by atoms with Gasteiger partial charge >= 0.3 is 0 Å². The lowest BCUT2D eigenvalue weighted by atomic mass is 10.1. The van der Waals surface area contributed by atoms with Crippen LogP contribution in [0.4, 0.5) is 5.69 Å². The monoisotopic (exact) mass is 609 g/mol. The first-order valence-electron chi connectivity index (χ1n) is 14.5. The van der Waals surface area contributed by atoms with Gasteiger partial charge in [0, 0.05) is 17.6 Å². The number of hydrogen-bond acceptors (Lipinski definition) is 4. The minimum Gasteiger partial charge on any atom is -0.352 e. The first-order valence-corrected chi connectivity index (χ1v) is 16.3. The quantitative estimate of drug-likeness (QED) is 0.275. The van der Waals surface area contributed by atoms with Crippen molar-refractivity contribution in [2.75, 3.05) is 10.8 Å². The van der Waals surface area contributed by atoms with Gasteiger partial charge in [-0.25, -0.2) is 8.42 Å². The Kier molecular flexibility index (Phi) is 10.3. The number of aryl methyl sites for hydroxylation is 2. The molecule has 0 unspecified atom stereocenters. The fraction of sp³-hybridized carbons (Fsp3) is 0.394. The molecule has 4 rings (SSSR count). The Morgan fingerprint density at radius 1 is 0.952 bits per heavy atom. The van der Waals surface area contributed by atoms with Crippen LogP contribution in [-0.2, 0) is 26.2 Å². The van der Waals surface area contributed by atoms with Gasteiger partial charge in [-0.05, 0) is 87.1 Å². The number of hydrogen-bond donors (Lipinski definition) is 1. The Balaban J connectivity index is 1.74. The van der Waals surface area contributed by atoms with Crippen LogP contribution in [0.2, 0.25) is 5.02 Å². The van der Waals surface area contributed by atoms with Crippen molar-refractivity contribution in [2.45, 2.75) is 83.3 Å². The van der Waals surface area contributed by atoms with Gasteiger partial charge in [-0.2, -0.15) is 0 Å². The molecule has 1 aliphatic carbocycles. The summed E-state index contributed by atoms with van der Waals surface area (Å²) in [6, 6.07) is 18.4. The van der Waals surface area contributed by atoms with Crippen LogP contribution in [0.3, 0.4) is 0 Å².